The summed E-state index contributed by atoms with van der Waals surface area (Å²) >= 11 is 0. The Labute approximate surface area is 138 Å². The van der Waals surface area contributed by atoms with Crippen molar-refractivity contribution in [2.75, 3.05) is 23.3 Å². The average Bonchev–Trinajstić information content (AvgIpc) is 2.58. The Morgan fingerprint density at radius 1 is 1.21 bits per heavy atom. The number of hydrogen-bond acceptors (Lipinski definition) is 4. The van der Waals surface area contributed by atoms with Crippen LogP contribution in [-0.2, 0) is 0 Å². The molecule has 1 aliphatic rings. The summed E-state index contributed by atoms with van der Waals surface area (Å²) in [5.41, 5.74) is 0.527. The summed E-state index contributed by atoms with van der Waals surface area (Å²) in [6.45, 7) is 3.50. The molecule has 24 heavy (non-hydrogen) atoms. The van der Waals surface area contributed by atoms with E-state index in [1.807, 2.05) is 0 Å². The molecule has 1 N–H and O–H groups in total. The second-order valence-corrected chi connectivity index (χ2v) is 5.80. The van der Waals surface area contributed by atoms with Crippen LogP contribution in [0.25, 0.3) is 0 Å². The smallest absolute Gasteiger partial charge is 0.259 e. The number of carbonyl (C=O) groups excluding carboxylic acids is 1. The van der Waals surface area contributed by atoms with Crippen molar-refractivity contribution in [3.63, 3.8) is 0 Å². The molecule has 1 fully saturated rings. The molecule has 0 bridgehead atoms. The van der Waals surface area contributed by atoms with Crippen molar-refractivity contribution in [1.29, 1.82) is 0 Å². The number of amides is 1. The number of halogens is 2. The van der Waals surface area contributed by atoms with Crippen LogP contribution in [0.3, 0.4) is 0 Å². The number of piperidine rings is 1. The van der Waals surface area contributed by atoms with Crippen LogP contribution in [0.1, 0.15) is 35.3 Å². The van der Waals surface area contributed by atoms with Gasteiger partial charge in [0, 0.05) is 25.4 Å². The van der Waals surface area contributed by atoms with E-state index in [9.17, 15) is 13.6 Å². The van der Waals surface area contributed by atoms with Crippen LogP contribution in [0.15, 0.2) is 24.4 Å². The first-order valence-electron chi connectivity index (χ1n) is 7.89. The van der Waals surface area contributed by atoms with Gasteiger partial charge in [-0.3, -0.25) is 4.79 Å². The van der Waals surface area contributed by atoms with Gasteiger partial charge < -0.3 is 10.2 Å². The Hall–Kier alpha value is -2.57. The van der Waals surface area contributed by atoms with E-state index in [1.165, 1.54) is 12.6 Å². The lowest BCUT2D eigenvalue weighted by molar-refractivity contribution is 0.102. The third kappa shape index (κ3) is 3.50. The van der Waals surface area contributed by atoms with Gasteiger partial charge in [-0.25, -0.2) is 18.7 Å². The average molecular weight is 332 g/mol. The van der Waals surface area contributed by atoms with E-state index >= 15 is 0 Å². The van der Waals surface area contributed by atoms with E-state index in [-0.39, 0.29) is 11.3 Å². The molecule has 1 aliphatic heterocycles. The Morgan fingerprint density at radius 2 is 1.96 bits per heavy atom. The molecular formula is C17H18F2N4O. The van der Waals surface area contributed by atoms with Gasteiger partial charge in [0.05, 0.1) is 16.9 Å². The monoisotopic (exact) mass is 332 g/mol. The molecular weight excluding hydrogens is 314 g/mol. The number of benzene rings is 1. The lowest BCUT2D eigenvalue weighted by Crippen LogP contribution is -2.31. The van der Waals surface area contributed by atoms with E-state index < -0.39 is 17.5 Å². The summed E-state index contributed by atoms with van der Waals surface area (Å²) in [4.78, 5) is 23.0. The van der Waals surface area contributed by atoms with E-state index in [1.54, 1.807) is 6.92 Å². The zero-order chi connectivity index (χ0) is 17.1. The van der Waals surface area contributed by atoms with Gasteiger partial charge in [-0.05, 0) is 38.3 Å². The molecule has 0 aliphatic carbocycles. The number of nitrogens with zero attached hydrogens (tertiary/aromatic N) is 3. The number of anilines is 2. The minimum absolute atomic E-state index is 0.209. The summed E-state index contributed by atoms with van der Waals surface area (Å²) in [5, 5.41) is 2.36. The van der Waals surface area contributed by atoms with Gasteiger partial charge >= 0.3 is 0 Å². The number of carbonyl (C=O) groups is 1. The normalized spacial score (nSPS) is 14.5. The van der Waals surface area contributed by atoms with Crippen molar-refractivity contribution in [3.05, 3.63) is 47.3 Å². The highest BCUT2D eigenvalue weighted by Gasteiger charge is 2.18. The summed E-state index contributed by atoms with van der Waals surface area (Å²) in [6.07, 6.45) is 4.83. The minimum atomic E-state index is -0.701. The van der Waals surface area contributed by atoms with Gasteiger partial charge in [0.15, 0.2) is 0 Å². The van der Waals surface area contributed by atoms with E-state index in [4.69, 9.17) is 0 Å². The molecule has 2 heterocycles. The lowest BCUT2D eigenvalue weighted by atomic mass is 10.1. The Kier molecular flexibility index (Phi) is 4.69. The third-order valence-corrected chi connectivity index (χ3v) is 4.03. The van der Waals surface area contributed by atoms with Crippen molar-refractivity contribution < 1.29 is 13.6 Å². The molecule has 2 aromatic rings. The molecule has 1 aromatic heterocycles. The van der Waals surface area contributed by atoms with E-state index in [0.717, 1.165) is 44.1 Å². The van der Waals surface area contributed by atoms with Crippen LogP contribution in [0.4, 0.5) is 20.4 Å². The highest BCUT2D eigenvalue weighted by Crippen LogP contribution is 2.19. The molecule has 1 amide bonds. The van der Waals surface area contributed by atoms with Crippen LogP contribution >= 0.6 is 0 Å². The lowest BCUT2D eigenvalue weighted by Gasteiger charge is -2.26. The van der Waals surface area contributed by atoms with Crippen molar-refractivity contribution in [3.8, 4) is 0 Å². The summed E-state index contributed by atoms with van der Waals surface area (Å²) in [5.74, 6) is -1.30. The second kappa shape index (κ2) is 6.90. The molecule has 1 aromatic carbocycles. The number of aryl methyl sites for hydroxylation is 1. The first kappa shape index (κ1) is 16.3. The maximum atomic E-state index is 13.6. The fourth-order valence-corrected chi connectivity index (χ4v) is 2.71. The number of hydrogen-bond donors (Lipinski definition) is 1. The van der Waals surface area contributed by atoms with Crippen LogP contribution in [0.2, 0.25) is 0 Å². The maximum absolute atomic E-state index is 13.6. The number of aromatic nitrogens is 2. The SMILES string of the molecule is Cc1nc(N2CCCCC2)ncc1C(=O)Nc1cc(F)ccc1F. The van der Waals surface area contributed by atoms with Gasteiger partial charge in [0.2, 0.25) is 5.95 Å². The zero-order valence-corrected chi connectivity index (χ0v) is 13.4. The summed E-state index contributed by atoms with van der Waals surface area (Å²) in [7, 11) is 0. The van der Waals surface area contributed by atoms with Crippen LogP contribution in [-0.4, -0.2) is 29.0 Å². The van der Waals surface area contributed by atoms with Crippen LogP contribution in [0.5, 0.6) is 0 Å². The molecule has 0 atom stereocenters. The van der Waals surface area contributed by atoms with Gasteiger partial charge in [-0.1, -0.05) is 0 Å². The molecule has 0 saturated carbocycles. The molecule has 3 rings (SSSR count). The molecule has 1 saturated heterocycles. The van der Waals surface area contributed by atoms with Crippen molar-refractivity contribution in [2.24, 2.45) is 0 Å². The van der Waals surface area contributed by atoms with Gasteiger partial charge in [0.1, 0.15) is 11.6 Å². The molecule has 0 radical (unpaired) electrons. The third-order valence-electron chi connectivity index (χ3n) is 4.03. The highest BCUT2D eigenvalue weighted by molar-refractivity contribution is 6.04. The van der Waals surface area contributed by atoms with Gasteiger partial charge in [-0.15, -0.1) is 0 Å². The number of nitrogens with one attached hydrogen (secondary N) is 1. The van der Waals surface area contributed by atoms with Crippen LogP contribution < -0.4 is 10.2 Å². The molecule has 7 heteroatoms. The predicted molar refractivity (Wildman–Crippen MR) is 87.1 cm³/mol. The zero-order valence-electron chi connectivity index (χ0n) is 13.4. The van der Waals surface area contributed by atoms with E-state index in [0.29, 0.717) is 11.6 Å². The Morgan fingerprint density at radius 3 is 2.67 bits per heavy atom. The van der Waals surface area contributed by atoms with Crippen molar-refractivity contribution in [2.45, 2.75) is 26.2 Å². The Bertz CT molecular complexity index is 760. The topological polar surface area (TPSA) is 58.1 Å². The quantitative estimate of drug-likeness (QED) is 0.937. The largest absolute Gasteiger partial charge is 0.341 e. The van der Waals surface area contributed by atoms with E-state index in [2.05, 4.69) is 20.2 Å². The predicted octanol–water partition coefficient (Wildman–Crippen LogP) is 3.31. The van der Waals surface area contributed by atoms with Crippen molar-refractivity contribution >= 4 is 17.5 Å². The standard InChI is InChI=1S/C17H18F2N4O/c1-11-13(10-20-17(21-11)23-7-3-2-4-8-23)16(24)22-15-9-12(18)5-6-14(15)19/h5-6,9-10H,2-4,7-8H2,1H3,(H,22,24). The summed E-state index contributed by atoms with van der Waals surface area (Å²) in [6, 6.07) is 2.89. The first-order chi connectivity index (χ1) is 11.5. The Balaban J connectivity index is 1.78. The molecule has 0 unspecified atom stereocenters. The van der Waals surface area contributed by atoms with Crippen LogP contribution in [0, 0.1) is 18.6 Å². The minimum Gasteiger partial charge on any atom is -0.341 e. The fourth-order valence-electron chi connectivity index (χ4n) is 2.71. The second-order valence-electron chi connectivity index (χ2n) is 5.80. The van der Waals surface area contributed by atoms with Gasteiger partial charge in [0.25, 0.3) is 5.91 Å². The van der Waals surface area contributed by atoms with Crippen molar-refractivity contribution in [1.82, 2.24) is 9.97 Å². The highest BCUT2D eigenvalue weighted by atomic mass is 19.1. The fraction of sp³-hybridized carbons (Fsp3) is 0.353. The van der Waals surface area contributed by atoms with Gasteiger partial charge in [-0.2, -0.15) is 0 Å². The maximum Gasteiger partial charge on any atom is 0.259 e. The summed E-state index contributed by atoms with van der Waals surface area (Å²) < 4.78 is 26.8. The molecule has 0 spiro atoms. The first-order valence-corrected chi connectivity index (χ1v) is 7.89. The molecule has 126 valence electrons. The molecule has 5 nitrogen and oxygen atoms in total. The number of rotatable bonds is 3.